The van der Waals surface area contributed by atoms with Crippen molar-refractivity contribution < 1.29 is 17.6 Å². The fourth-order valence-electron chi connectivity index (χ4n) is 3.68. The van der Waals surface area contributed by atoms with Crippen LogP contribution in [0, 0.1) is 5.82 Å². The monoisotopic (exact) mass is 360 g/mol. The van der Waals surface area contributed by atoms with Crippen LogP contribution in [0.1, 0.15) is 5.56 Å². The molecule has 2 aromatic carbocycles. The number of urea groups is 1. The fourth-order valence-corrected chi connectivity index (χ4v) is 5.63. The molecule has 0 radical (unpaired) electrons. The maximum Gasteiger partial charge on any atom is 0.325 e. The predicted octanol–water partition coefficient (Wildman–Crippen LogP) is 2.43. The minimum Gasteiger partial charge on any atom is -0.314 e. The van der Waals surface area contributed by atoms with Crippen LogP contribution in [-0.2, 0) is 16.4 Å². The molecule has 0 unspecified atom stereocenters. The van der Waals surface area contributed by atoms with Crippen molar-refractivity contribution in [1.29, 1.82) is 0 Å². The van der Waals surface area contributed by atoms with Crippen LogP contribution in [0.5, 0.6) is 0 Å². The van der Waals surface area contributed by atoms with Crippen molar-refractivity contribution in [3.8, 4) is 0 Å². The number of carbonyl (C=O) groups is 1. The molecule has 2 heterocycles. The van der Waals surface area contributed by atoms with Crippen molar-refractivity contribution in [2.24, 2.45) is 0 Å². The van der Waals surface area contributed by atoms with Crippen LogP contribution in [0.25, 0.3) is 0 Å². The van der Waals surface area contributed by atoms with Gasteiger partial charge in [-0.2, -0.15) is 0 Å². The summed E-state index contributed by atoms with van der Waals surface area (Å²) >= 11 is 0. The summed E-state index contributed by atoms with van der Waals surface area (Å²) in [6.45, 7) is 0.191. The van der Waals surface area contributed by atoms with Gasteiger partial charge in [-0.15, -0.1) is 0 Å². The SMILES string of the molecule is O=C1N(Cc2cccc(F)c2)[C@@H]2CS(=O)(=O)C[C@H]2N1c1ccccc1. The third-order valence-electron chi connectivity index (χ3n) is 4.75. The van der Waals surface area contributed by atoms with E-state index in [1.165, 1.54) is 12.1 Å². The summed E-state index contributed by atoms with van der Waals surface area (Å²) in [5.41, 5.74) is 1.33. The number of fused-ring (bicyclic) bond motifs is 1. The highest BCUT2D eigenvalue weighted by Gasteiger charge is 2.53. The zero-order valence-electron chi connectivity index (χ0n) is 13.4. The smallest absolute Gasteiger partial charge is 0.314 e. The van der Waals surface area contributed by atoms with Crippen molar-refractivity contribution in [2.45, 2.75) is 18.6 Å². The molecule has 0 aliphatic carbocycles. The number of sulfone groups is 1. The molecular weight excluding hydrogens is 343 g/mol. The maximum atomic E-state index is 13.5. The zero-order chi connectivity index (χ0) is 17.6. The second kappa shape index (κ2) is 5.84. The Hall–Kier alpha value is -2.41. The molecule has 2 saturated heterocycles. The topological polar surface area (TPSA) is 57.7 Å². The van der Waals surface area contributed by atoms with E-state index in [4.69, 9.17) is 0 Å². The fraction of sp³-hybridized carbons (Fsp3) is 0.278. The molecule has 2 amide bonds. The van der Waals surface area contributed by atoms with Crippen LogP contribution in [0.15, 0.2) is 54.6 Å². The highest BCUT2D eigenvalue weighted by molar-refractivity contribution is 7.91. The van der Waals surface area contributed by atoms with Crippen molar-refractivity contribution in [3.63, 3.8) is 0 Å². The lowest BCUT2D eigenvalue weighted by Crippen LogP contribution is -2.37. The van der Waals surface area contributed by atoms with E-state index in [0.717, 1.165) is 0 Å². The van der Waals surface area contributed by atoms with E-state index in [1.807, 2.05) is 18.2 Å². The predicted molar refractivity (Wildman–Crippen MR) is 92.5 cm³/mol. The molecule has 2 aliphatic rings. The summed E-state index contributed by atoms with van der Waals surface area (Å²) in [6.07, 6.45) is 0. The van der Waals surface area contributed by atoms with Crippen LogP contribution in [0.3, 0.4) is 0 Å². The van der Waals surface area contributed by atoms with Crippen LogP contribution >= 0.6 is 0 Å². The van der Waals surface area contributed by atoms with E-state index in [9.17, 15) is 17.6 Å². The Morgan fingerprint density at radius 1 is 1.00 bits per heavy atom. The summed E-state index contributed by atoms with van der Waals surface area (Å²) in [4.78, 5) is 16.1. The Bertz CT molecular complexity index is 917. The van der Waals surface area contributed by atoms with Crippen LogP contribution < -0.4 is 4.90 Å². The van der Waals surface area contributed by atoms with Gasteiger partial charge in [0.15, 0.2) is 9.84 Å². The lowest BCUT2D eigenvalue weighted by atomic mass is 10.1. The Kier molecular flexibility index (Phi) is 3.76. The minimum absolute atomic E-state index is 0.0437. The molecular formula is C18H17FN2O3S. The molecule has 2 aromatic rings. The Balaban J connectivity index is 1.71. The Morgan fingerprint density at radius 3 is 2.44 bits per heavy atom. The minimum atomic E-state index is -3.21. The van der Waals surface area contributed by atoms with Gasteiger partial charge >= 0.3 is 6.03 Å². The number of hydrogen-bond acceptors (Lipinski definition) is 3. The number of nitrogens with zero attached hydrogens (tertiary/aromatic N) is 2. The van der Waals surface area contributed by atoms with Gasteiger partial charge in [0.25, 0.3) is 0 Å². The quantitative estimate of drug-likeness (QED) is 0.790. The first kappa shape index (κ1) is 16.1. The van der Waals surface area contributed by atoms with Gasteiger partial charge in [0, 0.05) is 12.2 Å². The van der Waals surface area contributed by atoms with Gasteiger partial charge in [0.05, 0.1) is 23.6 Å². The number of halogens is 1. The number of anilines is 1. The van der Waals surface area contributed by atoms with E-state index in [0.29, 0.717) is 11.3 Å². The number of hydrogen-bond donors (Lipinski definition) is 0. The molecule has 5 nitrogen and oxygen atoms in total. The first-order valence-corrected chi connectivity index (χ1v) is 9.86. The van der Waals surface area contributed by atoms with Gasteiger partial charge < -0.3 is 4.90 Å². The highest BCUT2D eigenvalue weighted by atomic mass is 32.2. The van der Waals surface area contributed by atoms with Gasteiger partial charge in [-0.05, 0) is 29.8 Å². The molecule has 0 bridgehead atoms. The average Bonchev–Trinajstić information content (AvgIpc) is 3.00. The van der Waals surface area contributed by atoms with E-state index in [-0.39, 0.29) is 29.9 Å². The molecule has 0 saturated carbocycles. The summed E-state index contributed by atoms with van der Waals surface area (Å²) in [6, 6.07) is 14.0. The molecule has 2 aliphatic heterocycles. The lowest BCUT2D eigenvalue weighted by molar-refractivity contribution is 0.206. The number of para-hydroxylation sites is 1. The maximum absolute atomic E-state index is 13.5. The molecule has 4 rings (SSSR count). The van der Waals surface area contributed by atoms with E-state index >= 15 is 0 Å². The van der Waals surface area contributed by atoms with Gasteiger partial charge in [-0.1, -0.05) is 30.3 Å². The second-order valence-corrected chi connectivity index (χ2v) is 8.61. The first-order chi connectivity index (χ1) is 11.9. The second-order valence-electron chi connectivity index (χ2n) is 6.46. The van der Waals surface area contributed by atoms with Crippen LogP contribution in [-0.4, -0.2) is 42.9 Å². The molecule has 7 heteroatoms. The standard InChI is InChI=1S/C18H17FN2O3S/c19-14-6-4-5-13(9-14)10-20-16-11-25(23,24)12-17(16)21(18(20)22)15-7-2-1-3-8-15/h1-9,16-17H,10-12H2/t16-,17-/m1/s1. The molecule has 130 valence electrons. The molecule has 0 aromatic heterocycles. The Labute approximate surface area is 145 Å². The number of amides is 2. The van der Waals surface area contributed by atoms with E-state index in [2.05, 4.69) is 0 Å². The lowest BCUT2D eigenvalue weighted by Gasteiger charge is -2.22. The van der Waals surface area contributed by atoms with Gasteiger partial charge in [0.1, 0.15) is 5.82 Å². The number of carbonyl (C=O) groups excluding carboxylic acids is 1. The summed E-state index contributed by atoms with van der Waals surface area (Å²) in [5, 5.41) is 0. The summed E-state index contributed by atoms with van der Waals surface area (Å²) in [5.74, 6) is -0.473. The third-order valence-corrected chi connectivity index (χ3v) is 6.45. The largest absolute Gasteiger partial charge is 0.325 e. The van der Waals surface area contributed by atoms with E-state index in [1.54, 1.807) is 34.1 Å². The Morgan fingerprint density at radius 2 is 1.72 bits per heavy atom. The highest BCUT2D eigenvalue weighted by Crippen LogP contribution is 2.35. The van der Waals surface area contributed by atoms with Crippen molar-refractivity contribution >= 4 is 21.6 Å². The van der Waals surface area contributed by atoms with Gasteiger partial charge in [-0.3, -0.25) is 4.90 Å². The van der Waals surface area contributed by atoms with Gasteiger partial charge in [-0.25, -0.2) is 17.6 Å². The summed E-state index contributed by atoms with van der Waals surface area (Å²) in [7, 11) is -3.21. The normalized spacial score (nSPS) is 24.6. The number of rotatable bonds is 3. The van der Waals surface area contributed by atoms with Crippen molar-refractivity contribution in [3.05, 3.63) is 66.0 Å². The average molecular weight is 360 g/mol. The molecule has 0 spiro atoms. The first-order valence-electron chi connectivity index (χ1n) is 8.04. The van der Waals surface area contributed by atoms with Gasteiger partial charge in [0.2, 0.25) is 0 Å². The molecule has 2 fully saturated rings. The van der Waals surface area contributed by atoms with Crippen LogP contribution in [0.4, 0.5) is 14.9 Å². The molecule has 25 heavy (non-hydrogen) atoms. The zero-order valence-corrected chi connectivity index (χ0v) is 14.2. The van der Waals surface area contributed by atoms with Crippen molar-refractivity contribution in [2.75, 3.05) is 16.4 Å². The number of benzene rings is 2. The van der Waals surface area contributed by atoms with E-state index < -0.39 is 21.9 Å². The summed E-state index contributed by atoms with van der Waals surface area (Å²) < 4.78 is 37.8. The molecule has 2 atom stereocenters. The third kappa shape index (κ3) is 2.89. The van der Waals surface area contributed by atoms with Crippen molar-refractivity contribution in [1.82, 2.24) is 4.90 Å². The van der Waals surface area contributed by atoms with Crippen LogP contribution in [0.2, 0.25) is 0 Å². The molecule has 0 N–H and O–H groups in total.